The lowest BCUT2D eigenvalue weighted by Gasteiger charge is -2.44. The molecule has 1 fully saturated rings. The van der Waals surface area contributed by atoms with Crippen molar-refractivity contribution >= 4 is 21.7 Å². The van der Waals surface area contributed by atoms with Gasteiger partial charge >= 0.3 is 0 Å². The highest BCUT2D eigenvalue weighted by Gasteiger charge is 2.51. The predicted molar refractivity (Wildman–Crippen MR) is 66.5 cm³/mol. The molecule has 2 nitrogen and oxygen atoms in total. The first-order valence-electron chi connectivity index (χ1n) is 5.62. The van der Waals surface area contributed by atoms with Gasteiger partial charge in [-0.05, 0) is 47.5 Å². The summed E-state index contributed by atoms with van der Waals surface area (Å²) in [5.41, 5.74) is -0.395. The van der Waals surface area contributed by atoms with Crippen molar-refractivity contribution in [2.24, 2.45) is 5.41 Å². The number of hydrogen-bond donors (Lipinski definition) is 0. The van der Waals surface area contributed by atoms with Crippen molar-refractivity contribution < 1.29 is 13.9 Å². The lowest BCUT2D eigenvalue weighted by atomic mass is 9.64. The number of halogens is 2. The minimum absolute atomic E-state index is 0.109. The van der Waals surface area contributed by atoms with E-state index in [9.17, 15) is 9.18 Å². The summed E-state index contributed by atoms with van der Waals surface area (Å²) in [7, 11) is 0. The van der Waals surface area contributed by atoms with E-state index < -0.39 is 5.41 Å². The van der Waals surface area contributed by atoms with Crippen molar-refractivity contribution in [3.63, 3.8) is 0 Å². The third-order valence-electron chi connectivity index (χ3n) is 3.62. The third-order valence-corrected chi connectivity index (χ3v) is 4.24. The summed E-state index contributed by atoms with van der Waals surface area (Å²) in [6.45, 7) is 3.90. The van der Waals surface area contributed by atoms with Crippen LogP contribution in [0.2, 0.25) is 0 Å². The molecule has 1 aliphatic rings. The average molecular weight is 301 g/mol. The highest BCUT2D eigenvalue weighted by molar-refractivity contribution is 9.10. The number of hydrogen-bond acceptors (Lipinski definition) is 2. The Balaban J connectivity index is 2.15. The second-order valence-corrected chi connectivity index (χ2v) is 5.43. The van der Waals surface area contributed by atoms with Crippen molar-refractivity contribution in [1.29, 1.82) is 0 Å². The van der Waals surface area contributed by atoms with Gasteiger partial charge in [0.15, 0.2) is 0 Å². The maximum atomic E-state index is 12.9. The zero-order valence-electron chi connectivity index (χ0n) is 9.80. The van der Waals surface area contributed by atoms with Crippen LogP contribution in [0.3, 0.4) is 0 Å². The molecule has 0 heterocycles. The molecule has 2 rings (SSSR count). The van der Waals surface area contributed by atoms with Crippen molar-refractivity contribution in [3.05, 3.63) is 28.5 Å². The summed E-state index contributed by atoms with van der Waals surface area (Å²) < 4.78 is 19.3. The molecular formula is C13H14BrFO2. The molecule has 0 aromatic heterocycles. The van der Waals surface area contributed by atoms with Gasteiger partial charge in [-0.15, -0.1) is 0 Å². The quantitative estimate of drug-likeness (QED) is 0.850. The second kappa shape index (κ2) is 4.41. The van der Waals surface area contributed by atoms with Crippen molar-refractivity contribution in [2.75, 3.05) is 0 Å². The largest absolute Gasteiger partial charge is 0.488 e. The fraction of sp³-hybridized carbons (Fsp3) is 0.462. The van der Waals surface area contributed by atoms with Gasteiger partial charge in [-0.2, -0.15) is 0 Å². The summed E-state index contributed by atoms with van der Waals surface area (Å²) in [5, 5.41) is 0. The maximum Gasteiger partial charge on any atom is 0.146 e. The van der Waals surface area contributed by atoms with Crippen LogP contribution >= 0.6 is 15.9 Å². The van der Waals surface area contributed by atoms with E-state index in [0.717, 1.165) is 6.42 Å². The number of benzene rings is 1. The maximum absolute atomic E-state index is 12.9. The van der Waals surface area contributed by atoms with Crippen LogP contribution in [0.1, 0.15) is 26.7 Å². The van der Waals surface area contributed by atoms with E-state index in [1.165, 1.54) is 12.1 Å². The first-order valence-corrected chi connectivity index (χ1v) is 6.41. The predicted octanol–water partition coefficient (Wildman–Crippen LogP) is 3.72. The number of carbonyl (C=O) groups excluding carboxylic acids is 1. The van der Waals surface area contributed by atoms with E-state index in [1.807, 2.05) is 13.8 Å². The third kappa shape index (κ3) is 2.10. The lowest BCUT2D eigenvalue weighted by molar-refractivity contribution is -0.150. The van der Waals surface area contributed by atoms with E-state index >= 15 is 0 Å². The minimum Gasteiger partial charge on any atom is -0.488 e. The smallest absolute Gasteiger partial charge is 0.146 e. The fourth-order valence-electron chi connectivity index (χ4n) is 2.00. The Morgan fingerprint density at radius 2 is 2.29 bits per heavy atom. The number of ether oxygens (including phenoxy) is 1. The number of Topliss-reactive ketones (excluding diaryl/α,β-unsaturated/α-hetero) is 1. The minimum atomic E-state index is -0.395. The summed E-state index contributed by atoms with van der Waals surface area (Å²) in [6, 6.07) is 4.29. The Kier molecular flexibility index (Phi) is 3.25. The first kappa shape index (κ1) is 12.6. The molecule has 1 aliphatic carbocycles. The van der Waals surface area contributed by atoms with Gasteiger partial charge in [-0.25, -0.2) is 4.39 Å². The Bertz CT molecular complexity index is 461. The number of carbonyl (C=O) groups is 1. The molecule has 0 N–H and O–H groups in total. The van der Waals surface area contributed by atoms with Crippen molar-refractivity contribution in [3.8, 4) is 5.75 Å². The van der Waals surface area contributed by atoms with Crippen LogP contribution in [-0.2, 0) is 4.79 Å². The Morgan fingerprint density at radius 3 is 2.82 bits per heavy atom. The molecule has 2 atom stereocenters. The molecule has 2 unspecified atom stereocenters. The Hall–Kier alpha value is -0.900. The molecular weight excluding hydrogens is 287 g/mol. The van der Waals surface area contributed by atoms with Crippen LogP contribution in [0.25, 0.3) is 0 Å². The molecule has 1 aromatic carbocycles. The molecule has 4 heteroatoms. The van der Waals surface area contributed by atoms with Gasteiger partial charge in [0, 0.05) is 6.42 Å². The second-order valence-electron chi connectivity index (χ2n) is 4.58. The summed E-state index contributed by atoms with van der Waals surface area (Å²) in [6.07, 6.45) is 1.09. The molecule has 0 aliphatic heterocycles. The topological polar surface area (TPSA) is 26.3 Å². The fourth-order valence-corrected chi connectivity index (χ4v) is 2.44. The zero-order chi connectivity index (χ0) is 12.6. The molecule has 0 amide bonds. The summed E-state index contributed by atoms with van der Waals surface area (Å²) in [5.74, 6) is 0.513. The van der Waals surface area contributed by atoms with Gasteiger partial charge < -0.3 is 4.74 Å². The first-order chi connectivity index (χ1) is 7.97. The molecule has 0 bridgehead atoms. The highest BCUT2D eigenvalue weighted by atomic mass is 79.9. The zero-order valence-corrected chi connectivity index (χ0v) is 11.4. The highest BCUT2D eigenvalue weighted by Crippen LogP contribution is 2.43. The van der Waals surface area contributed by atoms with Crippen LogP contribution in [0.4, 0.5) is 4.39 Å². The van der Waals surface area contributed by atoms with Crippen molar-refractivity contribution in [2.45, 2.75) is 32.8 Å². The standard InChI is InChI=1S/C13H14BrFO2/c1-3-13(2)11(16)7-12(13)17-10-5-4-8(15)6-9(10)14/h4-6,12H,3,7H2,1-2H3. The van der Waals surface area contributed by atoms with E-state index in [-0.39, 0.29) is 17.7 Å². The molecule has 0 radical (unpaired) electrons. The molecule has 1 saturated carbocycles. The van der Waals surface area contributed by atoms with Crippen LogP contribution < -0.4 is 4.74 Å². The van der Waals surface area contributed by atoms with Gasteiger partial charge in [0.2, 0.25) is 0 Å². The average Bonchev–Trinajstić information content (AvgIpc) is 2.30. The number of rotatable bonds is 3. The molecule has 0 spiro atoms. The number of ketones is 1. The van der Waals surface area contributed by atoms with Crippen molar-refractivity contribution in [1.82, 2.24) is 0 Å². The van der Waals surface area contributed by atoms with Gasteiger partial charge in [0.25, 0.3) is 0 Å². The van der Waals surface area contributed by atoms with Gasteiger partial charge in [0.1, 0.15) is 23.5 Å². The lowest BCUT2D eigenvalue weighted by Crippen LogP contribution is -2.54. The van der Waals surface area contributed by atoms with E-state index in [2.05, 4.69) is 15.9 Å². The van der Waals surface area contributed by atoms with Crippen LogP contribution in [-0.4, -0.2) is 11.9 Å². The van der Waals surface area contributed by atoms with E-state index in [1.54, 1.807) is 6.07 Å². The monoisotopic (exact) mass is 300 g/mol. The molecule has 1 aromatic rings. The Morgan fingerprint density at radius 1 is 1.59 bits per heavy atom. The molecule has 0 saturated heterocycles. The summed E-state index contributed by atoms with van der Waals surface area (Å²) >= 11 is 3.25. The van der Waals surface area contributed by atoms with Gasteiger partial charge in [0.05, 0.1) is 9.89 Å². The van der Waals surface area contributed by atoms with Crippen LogP contribution in [0, 0.1) is 11.2 Å². The molecule has 17 heavy (non-hydrogen) atoms. The van der Waals surface area contributed by atoms with E-state index in [4.69, 9.17) is 4.74 Å². The van der Waals surface area contributed by atoms with Gasteiger partial charge in [-0.1, -0.05) is 6.92 Å². The van der Waals surface area contributed by atoms with E-state index in [0.29, 0.717) is 16.6 Å². The molecule has 92 valence electrons. The van der Waals surface area contributed by atoms with Gasteiger partial charge in [-0.3, -0.25) is 4.79 Å². The Labute approximate surface area is 108 Å². The summed E-state index contributed by atoms with van der Waals surface area (Å²) in [4.78, 5) is 11.6. The van der Waals surface area contributed by atoms with Crippen LogP contribution in [0.5, 0.6) is 5.75 Å². The normalized spacial score (nSPS) is 27.8. The van der Waals surface area contributed by atoms with Crippen LogP contribution in [0.15, 0.2) is 22.7 Å². The SMILES string of the molecule is CCC1(C)C(=O)CC1Oc1ccc(F)cc1Br.